The number of halogens is 2. The lowest BCUT2D eigenvalue weighted by Gasteiger charge is -2.29. The van der Waals surface area contributed by atoms with E-state index >= 15 is 0 Å². The summed E-state index contributed by atoms with van der Waals surface area (Å²) in [5.41, 5.74) is 5.37. The number of amides is 1. The largest absolute Gasteiger partial charge is 0.455 e. The fourth-order valence-electron chi connectivity index (χ4n) is 4.64. The van der Waals surface area contributed by atoms with Gasteiger partial charge in [-0.3, -0.25) is 9.69 Å². The van der Waals surface area contributed by atoms with Crippen molar-refractivity contribution >= 4 is 57.3 Å². The number of aromatic nitrogens is 3. The number of aryl methyl sites for hydroxylation is 1. The molecule has 2 aromatic carbocycles. The Morgan fingerprint density at radius 2 is 2.00 bits per heavy atom. The summed E-state index contributed by atoms with van der Waals surface area (Å²) in [4.78, 5) is 23.2. The standard InChI is InChI=1S/C24H20Cl2N6O2/c1-31-19-7-8-27-10-15(19)14-6-5-13(9-20(14)31)29-24-28-11-16-22(30-24)34-12-32(23(16)33)21-17(25)3-2-4-18(21)26/h2-6,9,11,27H,7-8,10,12H2,1H3,(H,28,29,30). The Hall–Kier alpha value is -3.33. The zero-order valence-electron chi connectivity index (χ0n) is 18.2. The number of benzene rings is 2. The number of ether oxygens (including phenoxy) is 1. The summed E-state index contributed by atoms with van der Waals surface area (Å²) >= 11 is 12.6. The van der Waals surface area contributed by atoms with Crippen LogP contribution in [0.25, 0.3) is 10.9 Å². The van der Waals surface area contributed by atoms with E-state index in [1.165, 1.54) is 27.7 Å². The number of nitrogens with zero attached hydrogens (tertiary/aromatic N) is 4. The molecule has 8 nitrogen and oxygen atoms in total. The summed E-state index contributed by atoms with van der Waals surface area (Å²) in [5, 5.41) is 8.64. The number of anilines is 3. The highest BCUT2D eigenvalue weighted by Crippen LogP contribution is 2.37. The second-order valence-corrected chi connectivity index (χ2v) is 9.07. The van der Waals surface area contributed by atoms with Crippen LogP contribution in [0.3, 0.4) is 0 Å². The quantitative estimate of drug-likeness (QED) is 0.430. The maximum Gasteiger partial charge on any atom is 0.268 e. The molecule has 0 atom stereocenters. The number of nitrogens with one attached hydrogen (secondary N) is 2. The molecule has 10 heteroatoms. The van der Waals surface area contributed by atoms with Gasteiger partial charge in [-0.15, -0.1) is 0 Å². The minimum atomic E-state index is -0.327. The fraction of sp³-hybridized carbons (Fsp3) is 0.208. The zero-order valence-corrected chi connectivity index (χ0v) is 19.7. The molecule has 34 heavy (non-hydrogen) atoms. The summed E-state index contributed by atoms with van der Waals surface area (Å²) in [6.45, 7) is 1.82. The Morgan fingerprint density at radius 3 is 2.82 bits per heavy atom. The third kappa shape index (κ3) is 3.37. The smallest absolute Gasteiger partial charge is 0.268 e. The number of hydrogen-bond donors (Lipinski definition) is 2. The average molecular weight is 495 g/mol. The summed E-state index contributed by atoms with van der Waals surface area (Å²) in [6.07, 6.45) is 2.47. The first kappa shape index (κ1) is 21.2. The fourth-order valence-corrected chi connectivity index (χ4v) is 5.24. The highest BCUT2D eigenvalue weighted by Gasteiger charge is 2.31. The van der Waals surface area contributed by atoms with Crippen molar-refractivity contribution < 1.29 is 9.53 Å². The maximum absolute atomic E-state index is 13.1. The number of carbonyl (C=O) groups excluding carboxylic acids is 1. The summed E-state index contributed by atoms with van der Waals surface area (Å²) in [6, 6.07) is 11.3. The molecule has 1 amide bonds. The molecule has 0 radical (unpaired) electrons. The molecule has 172 valence electrons. The van der Waals surface area contributed by atoms with Gasteiger partial charge in [0.15, 0.2) is 6.73 Å². The van der Waals surface area contributed by atoms with Crippen LogP contribution in [0, 0.1) is 0 Å². The van der Waals surface area contributed by atoms with Gasteiger partial charge in [-0.1, -0.05) is 35.3 Å². The van der Waals surface area contributed by atoms with Crippen molar-refractivity contribution in [3.63, 3.8) is 0 Å². The molecule has 2 aliphatic rings. The van der Waals surface area contributed by atoms with Crippen molar-refractivity contribution in [2.75, 3.05) is 23.5 Å². The molecule has 4 heterocycles. The Labute approximate surface area is 205 Å². The molecule has 4 aromatic rings. The Balaban J connectivity index is 1.29. The van der Waals surface area contributed by atoms with Crippen LogP contribution in [-0.4, -0.2) is 33.7 Å². The van der Waals surface area contributed by atoms with E-state index in [0.717, 1.165) is 30.7 Å². The molecule has 0 unspecified atom stereocenters. The minimum absolute atomic E-state index is 0.0549. The van der Waals surface area contributed by atoms with E-state index in [0.29, 0.717) is 21.7 Å². The Bertz CT molecular complexity index is 1450. The number of fused-ring (bicyclic) bond motifs is 4. The van der Waals surface area contributed by atoms with E-state index in [4.69, 9.17) is 27.9 Å². The zero-order chi connectivity index (χ0) is 23.4. The van der Waals surface area contributed by atoms with Gasteiger partial charge in [0.05, 0.1) is 21.2 Å². The topological polar surface area (TPSA) is 84.3 Å². The van der Waals surface area contributed by atoms with E-state index in [2.05, 4.69) is 44.3 Å². The molecule has 0 saturated heterocycles. The van der Waals surface area contributed by atoms with Crippen LogP contribution in [-0.2, 0) is 20.0 Å². The predicted molar refractivity (Wildman–Crippen MR) is 132 cm³/mol. The van der Waals surface area contributed by atoms with Crippen molar-refractivity contribution in [1.29, 1.82) is 0 Å². The van der Waals surface area contributed by atoms with Crippen molar-refractivity contribution in [3.8, 4) is 5.88 Å². The van der Waals surface area contributed by atoms with Gasteiger partial charge < -0.3 is 19.9 Å². The Morgan fingerprint density at radius 1 is 1.18 bits per heavy atom. The third-order valence-corrected chi connectivity index (χ3v) is 6.91. The number of carbonyl (C=O) groups is 1. The van der Waals surface area contributed by atoms with Crippen LogP contribution in [0.15, 0.2) is 42.6 Å². The first-order valence-electron chi connectivity index (χ1n) is 10.8. The Kier molecular flexibility index (Phi) is 5.09. The molecule has 2 aromatic heterocycles. The molecular formula is C24H20Cl2N6O2. The molecule has 0 fully saturated rings. The van der Waals surface area contributed by atoms with Crippen LogP contribution >= 0.6 is 23.2 Å². The molecule has 0 spiro atoms. The maximum atomic E-state index is 13.1. The number of hydrogen-bond acceptors (Lipinski definition) is 6. The summed E-state index contributed by atoms with van der Waals surface area (Å²) in [5.74, 6) is 0.228. The van der Waals surface area contributed by atoms with Crippen LogP contribution in [0.1, 0.15) is 21.6 Å². The summed E-state index contributed by atoms with van der Waals surface area (Å²) in [7, 11) is 2.10. The first-order chi connectivity index (χ1) is 16.5. The molecule has 0 aliphatic carbocycles. The SMILES string of the molecule is Cn1c2c(c3ccc(Nc4ncc5c(n4)OCN(c4c(Cl)cccc4Cl)C5=O)cc31)CNCC2. The third-order valence-electron chi connectivity index (χ3n) is 6.30. The monoisotopic (exact) mass is 494 g/mol. The second kappa shape index (κ2) is 8.16. The van der Waals surface area contributed by atoms with E-state index in [1.807, 2.05) is 6.07 Å². The van der Waals surface area contributed by atoms with Crippen LogP contribution in [0.4, 0.5) is 17.3 Å². The van der Waals surface area contributed by atoms with Gasteiger partial charge in [0.25, 0.3) is 5.91 Å². The van der Waals surface area contributed by atoms with Crippen LogP contribution in [0.2, 0.25) is 10.0 Å². The van der Waals surface area contributed by atoms with E-state index in [-0.39, 0.29) is 24.1 Å². The van der Waals surface area contributed by atoms with Gasteiger partial charge in [-0.25, -0.2) is 4.98 Å². The van der Waals surface area contributed by atoms with E-state index < -0.39 is 0 Å². The van der Waals surface area contributed by atoms with Crippen molar-refractivity contribution in [2.45, 2.75) is 13.0 Å². The second-order valence-electron chi connectivity index (χ2n) is 8.26. The molecule has 2 aliphatic heterocycles. The molecule has 6 rings (SSSR count). The normalized spacial score (nSPS) is 15.1. The lowest BCUT2D eigenvalue weighted by Crippen LogP contribution is -2.39. The van der Waals surface area contributed by atoms with Crippen molar-refractivity contribution in [3.05, 3.63) is 69.5 Å². The molecule has 2 N–H and O–H groups in total. The molecule has 0 saturated carbocycles. The van der Waals surface area contributed by atoms with Gasteiger partial charge >= 0.3 is 0 Å². The highest BCUT2D eigenvalue weighted by molar-refractivity contribution is 6.40. The highest BCUT2D eigenvalue weighted by atomic mass is 35.5. The van der Waals surface area contributed by atoms with Gasteiger partial charge in [0, 0.05) is 49.5 Å². The van der Waals surface area contributed by atoms with Gasteiger partial charge in [0.2, 0.25) is 11.8 Å². The van der Waals surface area contributed by atoms with Crippen LogP contribution in [0.5, 0.6) is 5.88 Å². The average Bonchev–Trinajstić information content (AvgIpc) is 3.12. The summed E-state index contributed by atoms with van der Waals surface area (Å²) < 4.78 is 8.03. The van der Waals surface area contributed by atoms with Gasteiger partial charge in [0.1, 0.15) is 5.56 Å². The van der Waals surface area contributed by atoms with Gasteiger partial charge in [-0.2, -0.15) is 4.98 Å². The molecular weight excluding hydrogens is 475 g/mol. The van der Waals surface area contributed by atoms with Crippen LogP contribution < -0.4 is 20.3 Å². The predicted octanol–water partition coefficient (Wildman–Crippen LogP) is 4.66. The number of para-hydroxylation sites is 1. The first-order valence-corrected chi connectivity index (χ1v) is 11.6. The van der Waals surface area contributed by atoms with Crippen molar-refractivity contribution in [2.24, 2.45) is 7.05 Å². The van der Waals surface area contributed by atoms with Gasteiger partial charge in [-0.05, 0) is 29.8 Å². The number of rotatable bonds is 3. The molecule has 0 bridgehead atoms. The van der Waals surface area contributed by atoms with E-state index in [9.17, 15) is 4.79 Å². The van der Waals surface area contributed by atoms with E-state index in [1.54, 1.807) is 18.2 Å². The minimum Gasteiger partial charge on any atom is -0.455 e. The lowest BCUT2D eigenvalue weighted by molar-refractivity contribution is 0.0932. The van der Waals surface area contributed by atoms with Crippen molar-refractivity contribution in [1.82, 2.24) is 19.9 Å². The lowest BCUT2D eigenvalue weighted by atomic mass is 10.1.